The quantitative estimate of drug-likeness (QED) is 0.878. The molecular weight excluding hydrogens is 256 g/mol. The lowest BCUT2D eigenvalue weighted by Crippen LogP contribution is -2.35. The van der Waals surface area contributed by atoms with Gasteiger partial charge in [-0.05, 0) is 44.5 Å². The van der Waals surface area contributed by atoms with Crippen LogP contribution in [0.3, 0.4) is 0 Å². The predicted molar refractivity (Wildman–Crippen MR) is 77.5 cm³/mol. The highest BCUT2D eigenvalue weighted by Crippen LogP contribution is 2.28. The molecule has 0 bridgehead atoms. The van der Waals surface area contributed by atoms with Gasteiger partial charge in [0.15, 0.2) is 0 Å². The van der Waals surface area contributed by atoms with Crippen molar-refractivity contribution in [3.05, 3.63) is 23.8 Å². The molecule has 0 saturated carbocycles. The lowest BCUT2D eigenvalue weighted by atomic mass is 10.1. The molecule has 0 spiro atoms. The lowest BCUT2D eigenvalue weighted by molar-refractivity contribution is 0.0928. The lowest BCUT2D eigenvalue weighted by Gasteiger charge is -2.18. The first kappa shape index (κ1) is 14.7. The molecule has 20 heavy (non-hydrogen) atoms. The van der Waals surface area contributed by atoms with Crippen molar-refractivity contribution >= 4 is 5.91 Å². The molecule has 1 unspecified atom stereocenters. The summed E-state index contributed by atoms with van der Waals surface area (Å²) in [5.74, 6) is 0.938. The third kappa shape index (κ3) is 3.42. The molecule has 110 valence electrons. The van der Waals surface area contributed by atoms with Crippen LogP contribution < -0.4 is 20.1 Å². The molecule has 0 radical (unpaired) electrons. The van der Waals surface area contributed by atoms with Crippen LogP contribution in [0.4, 0.5) is 0 Å². The van der Waals surface area contributed by atoms with Crippen molar-refractivity contribution in [2.45, 2.75) is 25.3 Å². The van der Waals surface area contributed by atoms with E-state index in [4.69, 9.17) is 9.47 Å². The molecule has 1 heterocycles. The summed E-state index contributed by atoms with van der Waals surface area (Å²) < 4.78 is 10.5. The highest BCUT2D eigenvalue weighted by Gasteiger charge is 2.21. The summed E-state index contributed by atoms with van der Waals surface area (Å²) in [6.45, 7) is 1.96. The van der Waals surface area contributed by atoms with E-state index in [1.807, 2.05) is 6.07 Å². The van der Waals surface area contributed by atoms with Crippen LogP contribution in [0.2, 0.25) is 0 Å². The Bertz CT molecular complexity index is 432. The van der Waals surface area contributed by atoms with Gasteiger partial charge in [0.05, 0.1) is 14.2 Å². The molecule has 2 rings (SSSR count). The van der Waals surface area contributed by atoms with E-state index in [0.29, 0.717) is 17.1 Å². The van der Waals surface area contributed by atoms with Crippen molar-refractivity contribution in [3.63, 3.8) is 0 Å². The van der Waals surface area contributed by atoms with Crippen molar-refractivity contribution < 1.29 is 14.3 Å². The molecule has 0 aromatic heterocycles. The smallest absolute Gasteiger partial charge is 0.259 e. The minimum atomic E-state index is -0.133. The Labute approximate surface area is 119 Å². The van der Waals surface area contributed by atoms with E-state index < -0.39 is 0 Å². The molecule has 1 saturated heterocycles. The van der Waals surface area contributed by atoms with Gasteiger partial charge in [-0.2, -0.15) is 0 Å². The summed E-state index contributed by atoms with van der Waals surface area (Å²) >= 11 is 0. The Morgan fingerprint density at radius 1 is 1.20 bits per heavy atom. The predicted octanol–water partition coefficient (Wildman–Crippen LogP) is 1.58. The van der Waals surface area contributed by atoms with Gasteiger partial charge in [0.25, 0.3) is 5.91 Å². The van der Waals surface area contributed by atoms with Crippen molar-refractivity contribution in [1.29, 1.82) is 0 Å². The van der Waals surface area contributed by atoms with E-state index in [-0.39, 0.29) is 11.9 Å². The van der Waals surface area contributed by atoms with Gasteiger partial charge in [0.1, 0.15) is 17.1 Å². The van der Waals surface area contributed by atoms with Crippen LogP contribution in [0.5, 0.6) is 11.5 Å². The topological polar surface area (TPSA) is 59.6 Å². The number of carbonyl (C=O) groups excluding carboxylic acids is 1. The fourth-order valence-corrected chi connectivity index (χ4v) is 2.50. The minimum Gasteiger partial charge on any atom is -0.496 e. The minimum absolute atomic E-state index is 0.133. The molecule has 1 aromatic carbocycles. The summed E-state index contributed by atoms with van der Waals surface area (Å²) in [4.78, 5) is 12.5. The average Bonchev–Trinajstić information content (AvgIpc) is 2.74. The SMILES string of the molecule is COc1cccc(OC)c1C(=O)NC1CCCNCC1. The first-order valence-corrected chi connectivity index (χ1v) is 6.99. The first-order chi connectivity index (χ1) is 9.76. The fourth-order valence-electron chi connectivity index (χ4n) is 2.50. The molecule has 2 N–H and O–H groups in total. The van der Waals surface area contributed by atoms with Crippen LogP contribution in [-0.2, 0) is 0 Å². The molecule has 5 heteroatoms. The number of ether oxygens (including phenoxy) is 2. The van der Waals surface area contributed by atoms with Crippen molar-refractivity contribution in [1.82, 2.24) is 10.6 Å². The maximum atomic E-state index is 12.5. The Morgan fingerprint density at radius 2 is 1.90 bits per heavy atom. The number of hydrogen-bond acceptors (Lipinski definition) is 4. The van der Waals surface area contributed by atoms with Crippen molar-refractivity contribution in [3.8, 4) is 11.5 Å². The molecule has 1 atom stereocenters. The molecule has 0 aliphatic carbocycles. The Morgan fingerprint density at radius 3 is 2.55 bits per heavy atom. The van der Waals surface area contributed by atoms with E-state index >= 15 is 0 Å². The van der Waals surface area contributed by atoms with Gasteiger partial charge >= 0.3 is 0 Å². The molecular formula is C15H22N2O3. The standard InChI is InChI=1S/C15H22N2O3/c1-19-12-6-3-7-13(20-2)14(12)15(18)17-11-5-4-9-16-10-8-11/h3,6-7,11,16H,4-5,8-10H2,1-2H3,(H,17,18). The summed E-state index contributed by atoms with van der Waals surface area (Å²) in [5, 5.41) is 6.42. The number of benzene rings is 1. The number of carbonyl (C=O) groups is 1. The largest absolute Gasteiger partial charge is 0.496 e. The molecule has 1 fully saturated rings. The van der Waals surface area contributed by atoms with E-state index in [0.717, 1.165) is 32.4 Å². The van der Waals surface area contributed by atoms with Gasteiger partial charge in [-0.1, -0.05) is 6.07 Å². The first-order valence-electron chi connectivity index (χ1n) is 6.99. The number of hydrogen-bond donors (Lipinski definition) is 2. The van der Waals surface area contributed by atoms with E-state index in [2.05, 4.69) is 10.6 Å². The second-order valence-corrected chi connectivity index (χ2v) is 4.89. The number of nitrogens with one attached hydrogen (secondary N) is 2. The van der Waals surface area contributed by atoms with Gasteiger partial charge in [0.2, 0.25) is 0 Å². The second kappa shape index (κ2) is 7.14. The van der Waals surface area contributed by atoms with E-state index in [9.17, 15) is 4.79 Å². The Balaban J connectivity index is 2.15. The maximum Gasteiger partial charge on any atom is 0.259 e. The van der Waals surface area contributed by atoms with Gasteiger partial charge in [-0.25, -0.2) is 0 Å². The zero-order chi connectivity index (χ0) is 14.4. The molecule has 5 nitrogen and oxygen atoms in total. The van der Waals surface area contributed by atoms with E-state index in [1.54, 1.807) is 26.4 Å². The van der Waals surface area contributed by atoms with Crippen LogP contribution in [0.15, 0.2) is 18.2 Å². The summed E-state index contributed by atoms with van der Waals surface area (Å²) in [7, 11) is 3.11. The summed E-state index contributed by atoms with van der Waals surface area (Å²) in [5.41, 5.74) is 0.467. The number of rotatable bonds is 4. The Hall–Kier alpha value is -1.75. The maximum absolute atomic E-state index is 12.5. The molecule has 1 aromatic rings. The third-order valence-corrected chi connectivity index (χ3v) is 3.57. The summed E-state index contributed by atoms with van der Waals surface area (Å²) in [6.07, 6.45) is 3.02. The van der Waals surface area contributed by atoms with Crippen LogP contribution in [-0.4, -0.2) is 39.3 Å². The number of amides is 1. The Kier molecular flexibility index (Phi) is 5.24. The van der Waals surface area contributed by atoms with Crippen LogP contribution in [0.1, 0.15) is 29.6 Å². The molecule has 1 amide bonds. The second-order valence-electron chi connectivity index (χ2n) is 4.89. The van der Waals surface area contributed by atoms with Crippen LogP contribution in [0.25, 0.3) is 0 Å². The van der Waals surface area contributed by atoms with Crippen LogP contribution in [0, 0.1) is 0 Å². The zero-order valence-electron chi connectivity index (χ0n) is 12.1. The highest BCUT2D eigenvalue weighted by molar-refractivity contribution is 5.99. The van der Waals surface area contributed by atoms with Gasteiger partial charge in [-0.15, -0.1) is 0 Å². The van der Waals surface area contributed by atoms with E-state index in [1.165, 1.54) is 0 Å². The monoisotopic (exact) mass is 278 g/mol. The average molecular weight is 278 g/mol. The normalized spacial score (nSPS) is 19.0. The summed E-state index contributed by atoms with van der Waals surface area (Å²) in [6, 6.07) is 5.55. The van der Waals surface area contributed by atoms with Crippen LogP contribution >= 0.6 is 0 Å². The third-order valence-electron chi connectivity index (χ3n) is 3.57. The van der Waals surface area contributed by atoms with Gasteiger partial charge in [-0.3, -0.25) is 4.79 Å². The van der Waals surface area contributed by atoms with Gasteiger partial charge < -0.3 is 20.1 Å². The van der Waals surface area contributed by atoms with Crippen molar-refractivity contribution in [2.24, 2.45) is 0 Å². The highest BCUT2D eigenvalue weighted by atomic mass is 16.5. The zero-order valence-corrected chi connectivity index (χ0v) is 12.1. The fraction of sp³-hybridized carbons (Fsp3) is 0.533. The number of methoxy groups -OCH3 is 2. The molecule has 1 aliphatic heterocycles. The molecule has 1 aliphatic rings. The van der Waals surface area contributed by atoms with Crippen molar-refractivity contribution in [2.75, 3.05) is 27.3 Å². The van der Waals surface area contributed by atoms with Gasteiger partial charge in [0, 0.05) is 6.04 Å².